The van der Waals surface area contributed by atoms with Gasteiger partial charge in [0, 0.05) is 31.3 Å². The van der Waals surface area contributed by atoms with Crippen molar-refractivity contribution in [3.05, 3.63) is 42.2 Å². The van der Waals surface area contributed by atoms with E-state index in [1.165, 1.54) is 4.90 Å². The molecule has 23 heavy (non-hydrogen) atoms. The number of hydrogen-bond donors (Lipinski definition) is 0. The average Bonchev–Trinajstić information content (AvgIpc) is 3.15. The molecule has 1 aliphatic heterocycles. The summed E-state index contributed by atoms with van der Waals surface area (Å²) in [5.41, 5.74) is 0.850. The van der Waals surface area contributed by atoms with Gasteiger partial charge in [-0.1, -0.05) is 23.4 Å². The van der Waals surface area contributed by atoms with Crippen LogP contribution in [0, 0.1) is 12.8 Å². The highest BCUT2D eigenvalue weighted by Crippen LogP contribution is 2.27. The summed E-state index contributed by atoms with van der Waals surface area (Å²) in [5.74, 6) is 0.628. The number of nitrogens with zero attached hydrogens (tertiary/aromatic N) is 3. The number of aryl methyl sites for hydroxylation is 1. The molecule has 1 aromatic heterocycles. The molecule has 1 atom stereocenters. The van der Waals surface area contributed by atoms with Crippen LogP contribution < -0.4 is 9.80 Å². The number of carbonyl (C=O) groups excluding carboxylic acids is 2. The minimum absolute atomic E-state index is 0.0326. The summed E-state index contributed by atoms with van der Waals surface area (Å²) in [5, 5.41) is 3.87. The zero-order valence-corrected chi connectivity index (χ0v) is 13.2. The Morgan fingerprint density at radius 2 is 2.13 bits per heavy atom. The van der Waals surface area contributed by atoms with Gasteiger partial charge in [0.2, 0.25) is 11.8 Å². The lowest BCUT2D eigenvalue weighted by atomic mass is 10.1. The molecular formula is C17H19N3O3. The maximum Gasteiger partial charge on any atom is 0.232 e. The molecule has 1 aliphatic rings. The standard InChI is InChI=1S/C17H19N3O3/c1-3-19(14-7-5-4-6-8-14)17(22)13-10-16(21)20(11-13)15-9-12(2)23-18-15/h4-9,13H,3,10-11H2,1-2H3. The summed E-state index contributed by atoms with van der Waals surface area (Å²) in [4.78, 5) is 28.3. The Hall–Kier alpha value is -2.63. The molecule has 0 aliphatic carbocycles. The quantitative estimate of drug-likeness (QED) is 0.869. The van der Waals surface area contributed by atoms with Crippen LogP contribution >= 0.6 is 0 Å². The molecule has 0 saturated carbocycles. The van der Waals surface area contributed by atoms with Gasteiger partial charge in [-0.2, -0.15) is 0 Å². The summed E-state index contributed by atoms with van der Waals surface area (Å²) >= 11 is 0. The van der Waals surface area contributed by atoms with Gasteiger partial charge in [0.05, 0.1) is 5.92 Å². The zero-order chi connectivity index (χ0) is 16.4. The van der Waals surface area contributed by atoms with E-state index in [1.54, 1.807) is 17.9 Å². The van der Waals surface area contributed by atoms with Crippen molar-refractivity contribution >= 4 is 23.3 Å². The van der Waals surface area contributed by atoms with E-state index in [9.17, 15) is 9.59 Å². The predicted molar refractivity (Wildman–Crippen MR) is 86.2 cm³/mol. The summed E-state index contributed by atoms with van der Waals surface area (Å²) in [7, 11) is 0. The Morgan fingerprint density at radius 3 is 2.74 bits per heavy atom. The number of hydrogen-bond acceptors (Lipinski definition) is 4. The number of rotatable bonds is 4. The van der Waals surface area contributed by atoms with E-state index in [1.807, 2.05) is 37.3 Å². The lowest BCUT2D eigenvalue weighted by molar-refractivity contribution is -0.124. The van der Waals surface area contributed by atoms with Gasteiger partial charge in [-0.3, -0.25) is 14.5 Å². The van der Waals surface area contributed by atoms with Crippen molar-refractivity contribution in [2.45, 2.75) is 20.3 Å². The SMILES string of the molecule is CCN(C(=O)C1CC(=O)N(c2cc(C)on2)C1)c1ccccc1. The van der Waals surface area contributed by atoms with Gasteiger partial charge in [0.15, 0.2) is 5.82 Å². The van der Waals surface area contributed by atoms with Gasteiger partial charge >= 0.3 is 0 Å². The van der Waals surface area contributed by atoms with E-state index < -0.39 is 0 Å². The molecule has 1 unspecified atom stereocenters. The van der Waals surface area contributed by atoms with Crippen molar-refractivity contribution < 1.29 is 14.1 Å². The Balaban J connectivity index is 1.77. The predicted octanol–water partition coefficient (Wildman–Crippen LogP) is 2.39. The molecule has 0 radical (unpaired) electrons. The fraction of sp³-hybridized carbons (Fsp3) is 0.353. The second kappa shape index (κ2) is 6.24. The van der Waals surface area contributed by atoms with E-state index in [0.29, 0.717) is 24.7 Å². The molecule has 120 valence electrons. The van der Waals surface area contributed by atoms with Crippen molar-refractivity contribution in [2.75, 3.05) is 22.9 Å². The van der Waals surface area contributed by atoms with E-state index in [0.717, 1.165) is 5.69 Å². The smallest absolute Gasteiger partial charge is 0.232 e. The zero-order valence-electron chi connectivity index (χ0n) is 13.2. The monoisotopic (exact) mass is 313 g/mol. The van der Waals surface area contributed by atoms with Crippen LogP contribution in [0.2, 0.25) is 0 Å². The second-order valence-corrected chi connectivity index (χ2v) is 5.62. The van der Waals surface area contributed by atoms with E-state index >= 15 is 0 Å². The molecule has 6 heteroatoms. The van der Waals surface area contributed by atoms with E-state index in [4.69, 9.17) is 4.52 Å². The first-order valence-corrected chi connectivity index (χ1v) is 7.70. The van der Waals surface area contributed by atoms with Crippen molar-refractivity contribution in [2.24, 2.45) is 5.92 Å². The Bertz CT molecular complexity index is 711. The molecule has 6 nitrogen and oxygen atoms in total. The van der Waals surface area contributed by atoms with Crippen molar-refractivity contribution in [1.29, 1.82) is 0 Å². The first-order chi connectivity index (χ1) is 11.1. The normalized spacial score (nSPS) is 17.6. The summed E-state index contributed by atoms with van der Waals surface area (Å²) in [6.07, 6.45) is 0.202. The fourth-order valence-electron chi connectivity index (χ4n) is 2.87. The van der Waals surface area contributed by atoms with Crippen LogP contribution in [0.4, 0.5) is 11.5 Å². The molecule has 1 fully saturated rings. The molecule has 2 aromatic rings. The first kappa shape index (κ1) is 15.3. The van der Waals surface area contributed by atoms with Crippen molar-refractivity contribution in [3.63, 3.8) is 0 Å². The molecule has 1 aromatic carbocycles. The largest absolute Gasteiger partial charge is 0.360 e. The van der Waals surface area contributed by atoms with Crippen LogP contribution in [0.1, 0.15) is 19.1 Å². The number of anilines is 2. The van der Waals surface area contributed by atoms with E-state index in [-0.39, 0.29) is 24.2 Å². The molecule has 2 heterocycles. The highest BCUT2D eigenvalue weighted by atomic mass is 16.5. The third-order valence-electron chi connectivity index (χ3n) is 4.02. The third-order valence-corrected chi connectivity index (χ3v) is 4.02. The van der Waals surface area contributed by atoms with E-state index in [2.05, 4.69) is 5.16 Å². The maximum absolute atomic E-state index is 12.8. The Labute approximate surface area is 134 Å². The molecule has 1 saturated heterocycles. The topological polar surface area (TPSA) is 66.7 Å². The lowest BCUT2D eigenvalue weighted by Crippen LogP contribution is -2.37. The van der Waals surface area contributed by atoms with Gasteiger partial charge in [-0.05, 0) is 26.0 Å². The minimum atomic E-state index is -0.361. The first-order valence-electron chi connectivity index (χ1n) is 7.70. The fourth-order valence-corrected chi connectivity index (χ4v) is 2.87. The van der Waals surface area contributed by atoms with Crippen molar-refractivity contribution in [1.82, 2.24) is 5.16 Å². The summed E-state index contributed by atoms with van der Waals surface area (Å²) in [6.45, 7) is 4.61. The molecule has 0 N–H and O–H groups in total. The number of carbonyl (C=O) groups is 2. The average molecular weight is 313 g/mol. The van der Waals surface area contributed by atoms with Gasteiger partial charge in [-0.15, -0.1) is 0 Å². The van der Waals surface area contributed by atoms with Gasteiger partial charge in [-0.25, -0.2) is 0 Å². The maximum atomic E-state index is 12.8. The van der Waals surface area contributed by atoms with Crippen LogP contribution in [0.15, 0.2) is 40.9 Å². The summed E-state index contributed by atoms with van der Waals surface area (Å²) < 4.78 is 5.02. The number of amides is 2. The molecule has 3 rings (SSSR count). The molecule has 0 spiro atoms. The Morgan fingerprint density at radius 1 is 1.39 bits per heavy atom. The number of para-hydroxylation sites is 1. The Kier molecular flexibility index (Phi) is 4.14. The molecule has 2 amide bonds. The second-order valence-electron chi connectivity index (χ2n) is 5.62. The third kappa shape index (κ3) is 2.97. The highest BCUT2D eigenvalue weighted by molar-refractivity contribution is 6.04. The summed E-state index contributed by atoms with van der Waals surface area (Å²) in [6, 6.07) is 11.2. The lowest BCUT2D eigenvalue weighted by Gasteiger charge is -2.24. The van der Waals surface area contributed by atoms with Crippen LogP contribution in [0.25, 0.3) is 0 Å². The number of aromatic nitrogens is 1. The highest BCUT2D eigenvalue weighted by Gasteiger charge is 2.38. The number of benzene rings is 1. The van der Waals surface area contributed by atoms with Crippen LogP contribution in [0.3, 0.4) is 0 Å². The van der Waals surface area contributed by atoms with Crippen LogP contribution in [-0.2, 0) is 9.59 Å². The van der Waals surface area contributed by atoms with Crippen molar-refractivity contribution in [3.8, 4) is 0 Å². The van der Waals surface area contributed by atoms with Gasteiger partial charge < -0.3 is 9.42 Å². The van der Waals surface area contributed by atoms with Gasteiger partial charge in [0.25, 0.3) is 0 Å². The molecule has 0 bridgehead atoms. The molecular weight excluding hydrogens is 294 g/mol. The van der Waals surface area contributed by atoms with Crippen LogP contribution in [-0.4, -0.2) is 30.1 Å². The minimum Gasteiger partial charge on any atom is -0.360 e. The van der Waals surface area contributed by atoms with Crippen LogP contribution in [0.5, 0.6) is 0 Å². The van der Waals surface area contributed by atoms with Gasteiger partial charge in [0.1, 0.15) is 5.76 Å².